The lowest BCUT2D eigenvalue weighted by molar-refractivity contribution is -0.147. The third kappa shape index (κ3) is 11.3. The molecule has 47 heavy (non-hydrogen) atoms. The van der Waals surface area contributed by atoms with E-state index in [0.717, 1.165) is 11.1 Å². The molecule has 4 rings (SSSR count). The summed E-state index contributed by atoms with van der Waals surface area (Å²) >= 11 is 0. The van der Waals surface area contributed by atoms with Gasteiger partial charge in [0.1, 0.15) is 24.1 Å². The van der Waals surface area contributed by atoms with Crippen LogP contribution in [0, 0.1) is 0 Å². The maximum atomic E-state index is 13.1. The van der Waals surface area contributed by atoms with Gasteiger partial charge >= 0.3 is 5.97 Å². The molecule has 11 heteroatoms. The molecule has 0 fully saturated rings. The van der Waals surface area contributed by atoms with E-state index >= 15 is 0 Å². The number of esters is 1. The first-order valence-electron chi connectivity index (χ1n) is 15.5. The van der Waals surface area contributed by atoms with E-state index in [1.54, 1.807) is 43.3 Å². The average Bonchev–Trinajstić information content (AvgIpc) is 3.09. The molecule has 3 aromatic carbocycles. The molecule has 1 aliphatic rings. The van der Waals surface area contributed by atoms with Crippen molar-refractivity contribution in [2.24, 2.45) is 0 Å². The van der Waals surface area contributed by atoms with Gasteiger partial charge in [-0.25, -0.2) is 0 Å². The molecule has 3 N–H and O–H groups in total. The highest BCUT2D eigenvalue weighted by atomic mass is 16.5. The topological polar surface area (TPSA) is 141 Å². The van der Waals surface area contributed by atoms with Crippen molar-refractivity contribution in [2.75, 3.05) is 26.9 Å². The van der Waals surface area contributed by atoms with Gasteiger partial charge in [0.25, 0.3) is 5.91 Å². The van der Waals surface area contributed by atoms with Crippen molar-refractivity contribution in [2.45, 2.75) is 51.0 Å². The molecular formula is C36H41N3O8. The first-order chi connectivity index (χ1) is 22.8. The minimum absolute atomic E-state index is 0.0855. The Bertz CT molecular complexity index is 1490. The minimum atomic E-state index is -0.942. The molecule has 0 aromatic heterocycles. The highest BCUT2D eigenvalue weighted by Gasteiger charge is 2.29. The van der Waals surface area contributed by atoms with Gasteiger partial charge in [0.2, 0.25) is 11.8 Å². The van der Waals surface area contributed by atoms with Crippen molar-refractivity contribution in [1.29, 1.82) is 0 Å². The van der Waals surface area contributed by atoms with E-state index in [-0.39, 0.29) is 32.6 Å². The Morgan fingerprint density at radius 2 is 1.64 bits per heavy atom. The molecule has 248 valence electrons. The molecule has 0 spiro atoms. The average molecular weight is 644 g/mol. The molecule has 0 aliphatic carbocycles. The summed E-state index contributed by atoms with van der Waals surface area (Å²) < 4.78 is 22.3. The van der Waals surface area contributed by atoms with Crippen LogP contribution in [0.1, 0.15) is 41.3 Å². The van der Waals surface area contributed by atoms with Gasteiger partial charge in [0.05, 0.1) is 45.4 Å². The Hall–Kier alpha value is -5.16. The Kier molecular flexibility index (Phi) is 13.4. The molecular weight excluding hydrogens is 602 g/mol. The summed E-state index contributed by atoms with van der Waals surface area (Å²) in [4.78, 5) is 51.7. The SMILES string of the molecule is CCOC(=O)CC1OC/C=C/CC(NC(=O)c2ccc(OC)cc2)C(=O)NCC(=O)N[C@H]1Cc1ccc(OCc2ccccc2)cc1. The molecule has 3 aromatic rings. The van der Waals surface area contributed by atoms with Gasteiger partial charge in [0.15, 0.2) is 0 Å². The van der Waals surface area contributed by atoms with Crippen LogP contribution < -0.4 is 25.4 Å². The first kappa shape index (κ1) is 34.7. The van der Waals surface area contributed by atoms with Crippen LogP contribution in [0.3, 0.4) is 0 Å². The van der Waals surface area contributed by atoms with Gasteiger partial charge in [-0.2, -0.15) is 0 Å². The van der Waals surface area contributed by atoms with Crippen molar-refractivity contribution in [3.05, 3.63) is 108 Å². The minimum Gasteiger partial charge on any atom is -0.497 e. The fourth-order valence-corrected chi connectivity index (χ4v) is 4.94. The number of carbonyl (C=O) groups excluding carboxylic acids is 4. The maximum Gasteiger partial charge on any atom is 0.308 e. The molecule has 0 bridgehead atoms. The van der Waals surface area contributed by atoms with Gasteiger partial charge in [-0.05, 0) is 67.3 Å². The van der Waals surface area contributed by atoms with Gasteiger partial charge in [-0.15, -0.1) is 0 Å². The largest absolute Gasteiger partial charge is 0.497 e. The lowest BCUT2D eigenvalue weighted by Gasteiger charge is -2.28. The number of hydrogen-bond acceptors (Lipinski definition) is 8. The van der Waals surface area contributed by atoms with Gasteiger partial charge in [-0.3, -0.25) is 19.2 Å². The third-order valence-corrected chi connectivity index (χ3v) is 7.44. The number of ether oxygens (including phenoxy) is 4. The summed E-state index contributed by atoms with van der Waals surface area (Å²) in [6.45, 7) is 2.12. The normalized spacial score (nSPS) is 19.4. The second-order valence-electron chi connectivity index (χ2n) is 10.9. The zero-order valence-corrected chi connectivity index (χ0v) is 26.6. The highest BCUT2D eigenvalue weighted by Crippen LogP contribution is 2.19. The van der Waals surface area contributed by atoms with Crippen molar-refractivity contribution < 1.29 is 38.1 Å². The summed E-state index contributed by atoms with van der Waals surface area (Å²) in [5, 5.41) is 8.29. The molecule has 11 nitrogen and oxygen atoms in total. The summed E-state index contributed by atoms with van der Waals surface area (Å²) in [5.74, 6) is -0.604. The number of rotatable bonds is 11. The summed E-state index contributed by atoms with van der Waals surface area (Å²) in [5.41, 5.74) is 2.28. The van der Waals surface area contributed by atoms with Gasteiger partial charge in [-0.1, -0.05) is 54.6 Å². The van der Waals surface area contributed by atoms with E-state index in [4.69, 9.17) is 18.9 Å². The van der Waals surface area contributed by atoms with Crippen molar-refractivity contribution in [3.8, 4) is 11.5 Å². The van der Waals surface area contributed by atoms with Crippen LogP contribution in [0.25, 0.3) is 0 Å². The molecule has 0 saturated heterocycles. The van der Waals surface area contributed by atoms with Crippen molar-refractivity contribution >= 4 is 23.7 Å². The second kappa shape index (κ2) is 18.1. The fraction of sp³-hybridized carbons (Fsp3) is 0.333. The van der Waals surface area contributed by atoms with Crippen LogP contribution in [0.15, 0.2) is 91.0 Å². The molecule has 1 aliphatic heterocycles. The monoisotopic (exact) mass is 643 g/mol. The first-order valence-corrected chi connectivity index (χ1v) is 15.5. The summed E-state index contributed by atoms with van der Waals surface area (Å²) in [6.07, 6.45) is 3.12. The Balaban J connectivity index is 1.45. The van der Waals surface area contributed by atoms with E-state index in [1.165, 1.54) is 7.11 Å². The third-order valence-electron chi connectivity index (χ3n) is 7.44. The number of nitrogens with one attached hydrogen (secondary N) is 3. The van der Waals surface area contributed by atoms with E-state index < -0.39 is 41.9 Å². The lowest BCUT2D eigenvalue weighted by Crippen LogP contribution is -2.52. The number of amides is 3. The van der Waals surface area contributed by atoms with Crippen LogP contribution in [-0.2, 0) is 36.9 Å². The Morgan fingerprint density at radius 1 is 0.915 bits per heavy atom. The van der Waals surface area contributed by atoms with E-state index in [0.29, 0.717) is 30.1 Å². The number of benzene rings is 3. The predicted molar refractivity (Wildman–Crippen MR) is 175 cm³/mol. The number of methoxy groups -OCH3 is 1. The molecule has 0 radical (unpaired) electrons. The zero-order chi connectivity index (χ0) is 33.4. The number of carbonyl (C=O) groups is 4. The van der Waals surface area contributed by atoms with Gasteiger partial charge in [0, 0.05) is 5.56 Å². The van der Waals surface area contributed by atoms with Crippen LogP contribution in [0.2, 0.25) is 0 Å². The molecule has 3 atom stereocenters. The zero-order valence-electron chi connectivity index (χ0n) is 26.6. The standard InChI is InChI=1S/C36H41N3O8/c1-3-45-34(41)22-32-31(21-25-12-16-29(17-13-25)47-24-26-9-5-4-6-10-26)38-33(40)23-37-36(43)30(11-7-8-20-46-32)39-35(42)27-14-18-28(44-2)19-15-27/h4-10,12-19,30-32H,3,11,20-24H2,1-2H3,(H,37,43)(H,38,40)(H,39,42)/b8-7+/t30?,31-,32?/m0/s1. The Morgan fingerprint density at radius 3 is 2.34 bits per heavy atom. The van der Waals surface area contributed by atoms with E-state index in [2.05, 4.69) is 16.0 Å². The Labute approximate surface area is 274 Å². The molecule has 1 heterocycles. The van der Waals surface area contributed by atoms with E-state index in [1.807, 2.05) is 54.6 Å². The summed E-state index contributed by atoms with van der Waals surface area (Å²) in [7, 11) is 1.53. The van der Waals surface area contributed by atoms with E-state index in [9.17, 15) is 19.2 Å². The molecule has 2 unspecified atom stereocenters. The summed E-state index contributed by atoms with van der Waals surface area (Å²) in [6, 6.07) is 22.3. The molecule has 3 amide bonds. The van der Waals surface area contributed by atoms with Crippen LogP contribution >= 0.6 is 0 Å². The van der Waals surface area contributed by atoms with Crippen molar-refractivity contribution in [3.63, 3.8) is 0 Å². The maximum absolute atomic E-state index is 13.1. The van der Waals surface area contributed by atoms with Crippen molar-refractivity contribution in [1.82, 2.24) is 16.0 Å². The fourth-order valence-electron chi connectivity index (χ4n) is 4.94. The predicted octanol–water partition coefficient (Wildman–Crippen LogP) is 3.51. The quantitative estimate of drug-likeness (QED) is 0.213. The van der Waals surface area contributed by atoms with Crippen LogP contribution in [0.5, 0.6) is 11.5 Å². The lowest BCUT2D eigenvalue weighted by atomic mass is 9.98. The van der Waals surface area contributed by atoms with Crippen LogP contribution in [0.4, 0.5) is 0 Å². The second-order valence-corrected chi connectivity index (χ2v) is 10.9. The van der Waals surface area contributed by atoms with Gasteiger partial charge < -0.3 is 34.9 Å². The number of hydrogen-bond donors (Lipinski definition) is 3. The molecule has 0 saturated carbocycles. The van der Waals surface area contributed by atoms with Crippen LogP contribution in [-0.4, -0.2) is 68.7 Å². The highest BCUT2D eigenvalue weighted by molar-refractivity contribution is 5.98. The smallest absolute Gasteiger partial charge is 0.308 e.